The Labute approximate surface area is 157 Å². The Morgan fingerprint density at radius 1 is 1.42 bits per heavy atom. The fraction of sp³-hybridized carbons (Fsp3) is 0.467. The van der Waals surface area contributed by atoms with Crippen LogP contribution in [0.15, 0.2) is 24.0 Å². The van der Waals surface area contributed by atoms with Gasteiger partial charge in [0.25, 0.3) is 0 Å². The SMILES string of the molecule is CC1(CN)CCN(C(=O)Cc2csc(-c3cnccn3)n2)C1.Cl.Cl. The van der Waals surface area contributed by atoms with Crippen LogP contribution in [0, 0.1) is 5.41 Å². The highest BCUT2D eigenvalue weighted by Crippen LogP contribution is 2.29. The van der Waals surface area contributed by atoms with Gasteiger partial charge < -0.3 is 10.6 Å². The zero-order valence-corrected chi connectivity index (χ0v) is 15.8. The molecule has 1 saturated heterocycles. The van der Waals surface area contributed by atoms with Gasteiger partial charge in [0.05, 0.1) is 18.3 Å². The Morgan fingerprint density at radius 2 is 2.21 bits per heavy atom. The molecule has 0 saturated carbocycles. The maximum absolute atomic E-state index is 12.4. The van der Waals surface area contributed by atoms with E-state index in [1.165, 1.54) is 11.3 Å². The number of rotatable bonds is 4. The van der Waals surface area contributed by atoms with Crippen LogP contribution >= 0.6 is 36.2 Å². The van der Waals surface area contributed by atoms with Crippen molar-refractivity contribution < 1.29 is 4.79 Å². The van der Waals surface area contributed by atoms with Crippen LogP contribution < -0.4 is 5.73 Å². The molecule has 1 atom stereocenters. The van der Waals surface area contributed by atoms with Crippen molar-refractivity contribution >= 4 is 42.1 Å². The average Bonchev–Trinajstić information content (AvgIpc) is 3.16. The number of hydrogen-bond donors (Lipinski definition) is 1. The van der Waals surface area contributed by atoms with Crippen LogP contribution in [-0.4, -0.2) is 45.4 Å². The summed E-state index contributed by atoms with van der Waals surface area (Å²) in [5.74, 6) is 0.119. The topological polar surface area (TPSA) is 85.0 Å². The zero-order chi connectivity index (χ0) is 15.6. The molecule has 0 radical (unpaired) electrons. The first-order valence-corrected chi connectivity index (χ1v) is 8.16. The summed E-state index contributed by atoms with van der Waals surface area (Å²) in [5.41, 5.74) is 7.38. The second kappa shape index (κ2) is 8.71. The van der Waals surface area contributed by atoms with Gasteiger partial charge in [-0.15, -0.1) is 36.2 Å². The van der Waals surface area contributed by atoms with Crippen molar-refractivity contribution in [1.29, 1.82) is 0 Å². The molecular weight excluding hydrogens is 369 g/mol. The lowest BCUT2D eigenvalue weighted by molar-refractivity contribution is -0.129. The number of nitrogens with zero attached hydrogens (tertiary/aromatic N) is 4. The zero-order valence-electron chi connectivity index (χ0n) is 13.3. The molecule has 1 unspecified atom stereocenters. The van der Waals surface area contributed by atoms with E-state index < -0.39 is 0 Å². The summed E-state index contributed by atoms with van der Waals surface area (Å²) in [5, 5.41) is 2.71. The van der Waals surface area contributed by atoms with Crippen LogP contribution in [0.25, 0.3) is 10.7 Å². The number of halogens is 2. The summed E-state index contributed by atoms with van der Waals surface area (Å²) in [6, 6.07) is 0. The van der Waals surface area contributed by atoms with Gasteiger partial charge >= 0.3 is 0 Å². The van der Waals surface area contributed by atoms with Crippen molar-refractivity contribution in [2.75, 3.05) is 19.6 Å². The van der Waals surface area contributed by atoms with E-state index in [0.717, 1.165) is 35.9 Å². The number of thiazole rings is 1. The lowest BCUT2D eigenvalue weighted by atomic mass is 9.90. The maximum Gasteiger partial charge on any atom is 0.228 e. The quantitative estimate of drug-likeness (QED) is 0.865. The first-order chi connectivity index (χ1) is 10.6. The summed E-state index contributed by atoms with van der Waals surface area (Å²) in [7, 11) is 0. The van der Waals surface area contributed by atoms with Crippen LogP contribution in [0.3, 0.4) is 0 Å². The highest BCUT2D eigenvalue weighted by molar-refractivity contribution is 7.13. The average molecular weight is 390 g/mol. The minimum atomic E-state index is 0. The van der Waals surface area contributed by atoms with Crippen LogP contribution in [0.1, 0.15) is 19.0 Å². The van der Waals surface area contributed by atoms with Crippen molar-refractivity contribution in [2.24, 2.45) is 11.1 Å². The molecule has 1 aliphatic rings. The third kappa shape index (κ3) is 4.63. The van der Waals surface area contributed by atoms with Gasteiger partial charge in [-0.2, -0.15) is 0 Å². The number of hydrogen-bond acceptors (Lipinski definition) is 6. The third-order valence-corrected chi connectivity index (χ3v) is 4.98. The first kappa shape index (κ1) is 20.8. The van der Waals surface area contributed by atoms with Crippen molar-refractivity contribution in [3.63, 3.8) is 0 Å². The minimum absolute atomic E-state index is 0. The molecule has 0 spiro atoms. The molecule has 24 heavy (non-hydrogen) atoms. The highest BCUT2D eigenvalue weighted by atomic mass is 35.5. The molecule has 9 heteroatoms. The van der Waals surface area contributed by atoms with Crippen LogP contribution in [0.2, 0.25) is 0 Å². The van der Waals surface area contributed by atoms with E-state index in [4.69, 9.17) is 5.73 Å². The number of likely N-dealkylation sites (tertiary alicyclic amines) is 1. The second-order valence-electron chi connectivity index (χ2n) is 5.99. The number of amides is 1. The molecule has 0 aromatic carbocycles. The van der Waals surface area contributed by atoms with E-state index in [2.05, 4.69) is 21.9 Å². The molecule has 0 aliphatic carbocycles. The smallest absolute Gasteiger partial charge is 0.228 e. The Kier molecular flexibility index (Phi) is 7.54. The molecular formula is C15H21Cl2N5OS. The van der Waals surface area contributed by atoms with Crippen molar-refractivity contribution in [1.82, 2.24) is 19.9 Å². The normalized spacial score (nSPS) is 19.5. The number of nitrogens with two attached hydrogens (primary N) is 1. The molecule has 1 aliphatic heterocycles. The van der Waals surface area contributed by atoms with Crippen LogP contribution in [-0.2, 0) is 11.2 Å². The Bertz CT molecular complexity index is 669. The Hall–Kier alpha value is -1.28. The van der Waals surface area contributed by atoms with Gasteiger partial charge in [0, 0.05) is 30.9 Å². The lowest BCUT2D eigenvalue weighted by Crippen LogP contribution is -2.35. The van der Waals surface area contributed by atoms with Crippen molar-refractivity contribution in [2.45, 2.75) is 19.8 Å². The summed E-state index contributed by atoms with van der Waals surface area (Å²) in [6.45, 7) is 4.27. The van der Waals surface area contributed by atoms with Crippen molar-refractivity contribution in [3.8, 4) is 10.7 Å². The maximum atomic E-state index is 12.4. The van der Waals surface area contributed by atoms with Gasteiger partial charge in [-0.05, 0) is 18.4 Å². The Morgan fingerprint density at radius 3 is 2.83 bits per heavy atom. The fourth-order valence-corrected chi connectivity index (χ4v) is 3.37. The van der Waals surface area contributed by atoms with E-state index in [1.807, 2.05) is 10.3 Å². The van der Waals surface area contributed by atoms with E-state index in [0.29, 0.717) is 13.0 Å². The van der Waals surface area contributed by atoms with Gasteiger partial charge in [-0.3, -0.25) is 14.8 Å². The van der Waals surface area contributed by atoms with E-state index in [1.54, 1.807) is 18.6 Å². The Balaban J connectivity index is 0.00000144. The molecule has 2 aromatic rings. The second-order valence-corrected chi connectivity index (χ2v) is 6.85. The molecule has 132 valence electrons. The molecule has 2 N–H and O–H groups in total. The van der Waals surface area contributed by atoms with Gasteiger partial charge in [-0.25, -0.2) is 4.98 Å². The summed E-state index contributed by atoms with van der Waals surface area (Å²) >= 11 is 1.49. The van der Waals surface area contributed by atoms with Gasteiger partial charge in [0.1, 0.15) is 10.7 Å². The monoisotopic (exact) mass is 389 g/mol. The first-order valence-electron chi connectivity index (χ1n) is 7.28. The predicted octanol–water partition coefficient (Wildman–Crippen LogP) is 2.18. The molecule has 3 heterocycles. The van der Waals surface area contributed by atoms with Gasteiger partial charge in [-0.1, -0.05) is 6.92 Å². The molecule has 1 fully saturated rings. The largest absolute Gasteiger partial charge is 0.342 e. The van der Waals surface area contributed by atoms with E-state index in [-0.39, 0.29) is 36.1 Å². The third-order valence-electron chi connectivity index (χ3n) is 4.07. The number of carbonyl (C=O) groups excluding carboxylic acids is 1. The molecule has 2 aromatic heterocycles. The summed E-state index contributed by atoms with van der Waals surface area (Å²) in [6.07, 6.45) is 6.25. The molecule has 3 rings (SSSR count). The highest BCUT2D eigenvalue weighted by Gasteiger charge is 2.34. The van der Waals surface area contributed by atoms with Crippen LogP contribution in [0.5, 0.6) is 0 Å². The summed E-state index contributed by atoms with van der Waals surface area (Å²) < 4.78 is 0. The van der Waals surface area contributed by atoms with Gasteiger partial charge in [0.2, 0.25) is 5.91 Å². The standard InChI is InChI=1S/C15H19N5OS.2ClH/c1-15(9-16)2-5-20(10-15)13(21)6-11-8-22-14(19-11)12-7-17-3-4-18-12;;/h3-4,7-8H,2,5-6,9-10,16H2,1H3;2*1H. The lowest BCUT2D eigenvalue weighted by Gasteiger charge is -2.22. The summed E-state index contributed by atoms with van der Waals surface area (Å²) in [4.78, 5) is 27.0. The molecule has 0 bridgehead atoms. The van der Waals surface area contributed by atoms with E-state index >= 15 is 0 Å². The van der Waals surface area contributed by atoms with Crippen LogP contribution in [0.4, 0.5) is 0 Å². The number of carbonyl (C=O) groups is 1. The van der Waals surface area contributed by atoms with Gasteiger partial charge in [0.15, 0.2) is 0 Å². The molecule has 1 amide bonds. The minimum Gasteiger partial charge on any atom is -0.342 e. The molecule has 6 nitrogen and oxygen atoms in total. The van der Waals surface area contributed by atoms with Crippen molar-refractivity contribution in [3.05, 3.63) is 29.7 Å². The van der Waals surface area contributed by atoms with E-state index in [9.17, 15) is 4.79 Å². The number of aromatic nitrogens is 3. The predicted molar refractivity (Wildman–Crippen MR) is 99.7 cm³/mol. The fourth-order valence-electron chi connectivity index (χ4n) is 2.59.